The van der Waals surface area contributed by atoms with E-state index in [-0.39, 0.29) is 6.61 Å². The maximum atomic E-state index is 8.73. The van der Waals surface area contributed by atoms with E-state index < -0.39 is 0 Å². The topological polar surface area (TPSA) is 47.3 Å². The Morgan fingerprint density at radius 1 is 1.45 bits per heavy atom. The van der Waals surface area contributed by atoms with Crippen molar-refractivity contribution in [2.45, 2.75) is 13.0 Å². The summed E-state index contributed by atoms with van der Waals surface area (Å²) in [6.45, 7) is 0.632. The van der Waals surface area contributed by atoms with Crippen molar-refractivity contribution in [2.75, 3.05) is 13.7 Å². The van der Waals surface area contributed by atoms with Crippen LogP contribution in [0.5, 0.6) is 5.75 Å². The molecule has 0 spiro atoms. The van der Waals surface area contributed by atoms with Gasteiger partial charge in [-0.3, -0.25) is 4.68 Å². The van der Waals surface area contributed by atoms with Crippen LogP contribution in [-0.2, 0) is 6.54 Å². The van der Waals surface area contributed by atoms with Crippen molar-refractivity contribution in [2.24, 2.45) is 0 Å². The fourth-order valence-corrected chi connectivity index (χ4v) is 1.96. The second-order valence-electron chi connectivity index (χ2n) is 4.16. The van der Waals surface area contributed by atoms with Crippen LogP contribution in [0.4, 0.5) is 0 Å². The Balaban J connectivity index is 2.25. The molecule has 0 radical (unpaired) electrons. The molecule has 0 atom stereocenters. The summed E-state index contributed by atoms with van der Waals surface area (Å²) >= 11 is 5.86. The average Bonchev–Trinajstić information content (AvgIpc) is 2.85. The molecular formula is C15H15ClN2O2. The van der Waals surface area contributed by atoms with Gasteiger partial charge in [-0.1, -0.05) is 23.4 Å². The molecule has 0 unspecified atom stereocenters. The van der Waals surface area contributed by atoms with Crippen LogP contribution in [0.15, 0.2) is 30.6 Å². The van der Waals surface area contributed by atoms with Gasteiger partial charge in [-0.15, -0.1) is 0 Å². The summed E-state index contributed by atoms with van der Waals surface area (Å²) < 4.78 is 7.08. The van der Waals surface area contributed by atoms with Crippen LogP contribution in [0, 0.1) is 11.8 Å². The summed E-state index contributed by atoms with van der Waals surface area (Å²) in [7, 11) is 1.63. The summed E-state index contributed by atoms with van der Waals surface area (Å²) in [6, 6.07) is 5.73. The molecule has 1 N–H and O–H groups in total. The monoisotopic (exact) mass is 290 g/mol. The van der Waals surface area contributed by atoms with Gasteiger partial charge in [-0.05, 0) is 18.2 Å². The number of hydrogen-bond donors (Lipinski definition) is 1. The number of methoxy groups -OCH3 is 1. The molecule has 5 heteroatoms. The number of ether oxygens (including phenoxy) is 1. The number of aromatic nitrogens is 2. The van der Waals surface area contributed by atoms with E-state index in [1.807, 2.05) is 18.2 Å². The average molecular weight is 291 g/mol. The molecule has 0 amide bonds. The first-order chi connectivity index (χ1) is 9.72. The lowest BCUT2D eigenvalue weighted by molar-refractivity contribution is 0.305. The molecule has 1 heterocycles. The number of benzene rings is 1. The molecule has 0 saturated heterocycles. The van der Waals surface area contributed by atoms with Crippen LogP contribution in [-0.4, -0.2) is 28.6 Å². The minimum Gasteiger partial charge on any atom is -0.496 e. The number of hydrogen-bond acceptors (Lipinski definition) is 3. The van der Waals surface area contributed by atoms with Crippen LogP contribution in [0.2, 0.25) is 5.02 Å². The minimum absolute atomic E-state index is 0.0712. The van der Waals surface area contributed by atoms with Gasteiger partial charge in [-0.2, -0.15) is 5.10 Å². The molecule has 0 aliphatic heterocycles. The molecule has 0 fully saturated rings. The van der Waals surface area contributed by atoms with E-state index in [0.29, 0.717) is 18.0 Å². The van der Waals surface area contributed by atoms with Gasteiger partial charge in [0, 0.05) is 23.7 Å². The summed E-state index contributed by atoms with van der Waals surface area (Å²) in [6.07, 6.45) is 3.82. The Bertz CT molecular complexity index is 641. The lowest BCUT2D eigenvalue weighted by Gasteiger charge is -2.09. The molecule has 0 aliphatic rings. The van der Waals surface area contributed by atoms with Gasteiger partial charge in [0.25, 0.3) is 0 Å². The summed E-state index contributed by atoms with van der Waals surface area (Å²) in [5.41, 5.74) is 1.86. The second kappa shape index (κ2) is 6.99. The largest absolute Gasteiger partial charge is 0.496 e. The second-order valence-corrected chi connectivity index (χ2v) is 4.59. The predicted molar refractivity (Wildman–Crippen MR) is 77.9 cm³/mol. The Labute approximate surface area is 122 Å². The first kappa shape index (κ1) is 14.4. The van der Waals surface area contributed by atoms with Crippen LogP contribution in [0.3, 0.4) is 0 Å². The third kappa shape index (κ3) is 3.77. The van der Waals surface area contributed by atoms with Crippen molar-refractivity contribution in [3.05, 3.63) is 46.7 Å². The molecule has 0 saturated carbocycles. The smallest absolute Gasteiger partial charge is 0.124 e. The van der Waals surface area contributed by atoms with E-state index in [4.69, 9.17) is 21.4 Å². The highest BCUT2D eigenvalue weighted by atomic mass is 35.5. The lowest BCUT2D eigenvalue weighted by Crippen LogP contribution is -2.02. The lowest BCUT2D eigenvalue weighted by atomic mass is 10.1. The molecular weight excluding hydrogens is 276 g/mol. The third-order valence-corrected chi connectivity index (χ3v) is 2.88. The third-order valence-electron chi connectivity index (χ3n) is 2.68. The Morgan fingerprint density at radius 3 is 2.95 bits per heavy atom. The molecule has 1 aromatic heterocycles. The van der Waals surface area contributed by atoms with Crippen molar-refractivity contribution < 1.29 is 9.84 Å². The first-order valence-corrected chi connectivity index (χ1v) is 6.55. The van der Waals surface area contributed by atoms with E-state index in [1.54, 1.807) is 24.2 Å². The maximum Gasteiger partial charge on any atom is 0.124 e. The van der Waals surface area contributed by atoms with Crippen molar-refractivity contribution in [3.63, 3.8) is 0 Å². The van der Waals surface area contributed by atoms with Crippen LogP contribution >= 0.6 is 11.6 Å². The van der Waals surface area contributed by atoms with Gasteiger partial charge in [0.1, 0.15) is 5.75 Å². The standard InChI is InChI=1S/C15H15ClN2O2/c1-20-15-6-5-12(4-2-3-7-19)8-13(15)10-18-11-14(16)9-17-18/h5-6,8-9,11,19H,3,7,10H2,1H3. The van der Waals surface area contributed by atoms with Crippen LogP contribution in [0.25, 0.3) is 0 Å². The van der Waals surface area contributed by atoms with Crippen LogP contribution in [0.1, 0.15) is 17.5 Å². The number of halogens is 1. The molecule has 1 aromatic carbocycles. The number of aliphatic hydroxyl groups excluding tert-OH is 1. The SMILES string of the molecule is COc1ccc(C#CCCO)cc1Cn1cc(Cl)cn1. The first-order valence-electron chi connectivity index (χ1n) is 6.17. The summed E-state index contributed by atoms with van der Waals surface area (Å²) in [4.78, 5) is 0. The highest BCUT2D eigenvalue weighted by Crippen LogP contribution is 2.21. The number of rotatable bonds is 4. The molecule has 20 heavy (non-hydrogen) atoms. The number of aliphatic hydroxyl groups is 1. The van der Waals surface area contributed by atoms with E-state index in [0.717, 1.165) is 16.9 Å². The number of nitrogens with zero attached hydrogens (tertiary/aromatic N) is 2. The quantitative estimate of drug-likeness (QED) is 0.879. The summed E-state index contributed by atoms with van der Waals surface area (Å²) in [5.74, 6) is 6.69. The van der Waals surface area contributed by atoms with Gasteiger partial charge < -0.3 is 9.84 Å². The minimum atomic E-state index is 0.0712. The van der Waals surface area contributed by atoms with E-state index in [2.05, 4.69) is 16.9 Å². The molecule has 0 aliphatic carbocycles. The fraction of sp³-hybridized carbons (Fsp3) is 0.267. The van der Waals surface area contributed by atoms with E-state index in [9.17, 15) is 0 Å². The predicted octanol–water partition coefficient (Wildman–Crippen LogP) is 2.33. The van der Waals surface area contributed by atoms with Gasteiger partial charge in [-0.25, -0.2) is 0 Å². The van der Waals surface area contributed by atoms with Crippen LogP contribution < -0.4 is 4.74 Å². The van der Waals surface area contributed by atoms with Crippen molar-refractivity contribution in [3.8, 4) is 17.6 Å². The highest BCUT2D eigenvalue weighted by Gasteiger charge is 2.06. The highest BCUT2D eigenvalue weighted by molar-refractivity contribution is 6.30. The van der Waals surface area contributed by atoms with Gasteiger partial charge in [0.2, 0.25) is 0 Å². The Kier molecular flexibility index (Phi) is 5.05. The van der Waals surface area contributed by atoms with E-state index in [1.165, 1.54) is 0 Å². The normalized spacial score (nSPS) is 9.95. The molecule has 2 rings (SSSR count). The summed E-state index contributed by atoms with van der Waals surface area (Å²) in [5, 5.41) is 13.5. The van der Waals surface area contributed by atoms with Gasteiger partial charge in [0.15, 0.2) is 0 Å². The van der Waals surface area contributed by atoms with E-state index >= 15 is 0 Å². The molecule has 0 bridgehead atoms. The van der Waals surface area contributed by atoms with Crippen molar-refractivity contribution in [1.82, 2.24) is 9.78 Å². The maximum absolute atomic E-state index is 8.73. The zero-order chi connectivity index (χ0) is 14.4. The Hall–Kier alpha value is -1.96. The molecule has 4 nitrogen and oxygen atoms in total. The van der Waals surface area contributed by atoms with Gasteiger partial charge in [0.05, 0.1) is 31.5 Å². The van der Waals surface area contributed by atoms with Crippen molar-refractivity contribution in [1.29, 1.82) is 0 Å². The van der Waals surface area contributed by atoms with Crippen molar-refractivity contribution >= 4 is 11.6 Å². The zero-order valence-corrected chi connectivity index (χ0v) is 11.9. The Morgan fingerprint density at radius 2 is 2.30 bits per heavy atom. The molecule has 2 aromatic rings. The zero-order valence-electron chi connectivity index (χ0n) is 11.1. The fourth-order valence-electron chi connectivity index (χ4n) is 1.80. The van der Waals surface area contributed by atoms with Gasteiger partial charge >= 0.3 is 0 Å². The molecule has 104 valence electrons.